The van der Waals surface area contributed by atoms with Crippen LogP contribution in [0.5, 0.6) is 5.75 Å². The number of carbonyl (C=O) groups is 1. The third-order valence-corrected chi connectivity index (χ3v) is 3.71. The van der Waals surface area contributed by atoms with Gasteiger partial charge in [-0.05, 0) is 23.8 Å². The summed E-state index contributed by atoms with van der Waals surface area (Å²) in [6, 6.07) is 15.4. The van der Waals surface area contributed by atoms with Crippen molar-refractivity contribution in [1.29, 1.82) is 0 Å². The van der Waals surface area contributed by atoms with E-state index in [9.17, 15) is 4.79 Å². The maximum Gasteiger partial charge on any atom is 0.180 e. The zero-order valence-electron chi connectivity index (χ0n) is 11.5. The van der Waals surface area contributed by atoms with E-state index in [2.05, 4.69) is 4.98 Å². The van der Waals surface area contributed by atoms with Crippen LogP contribution in [-0.2, 0) is 0 Å². The number of aromatic nitrogens is 1. The van der Waals surface area contributed by atoms with Crippen LogP contribution in [0.1, 0.15) is 10.4 Å². The normalized spacial score (nSPS) is 10.8. The van der Waals surface area contributed by atoms with E-state index in [1.165, 1.54) is 0 Å². The van der Waals surface area contributed by atoms with Crippen LogP contribution in [0.15, 0.2) is 48.5 Å². The second-order valence-corrected chi connectivity index (χ2v) is 4.98. The summed E-state index contributed by atoms with van der Waals surface area (Å²) < 4.78 is 5.25. The van der Waals surface area contributed by atoms with E-state index < -0.39 is 0 Å². The molecule has 3 rings (SSSR count). The van der Waals surface area contributed by atoms with Crippen LogP contribution in [0.2, 0.25) is 0 Å². The molecule has 0 aliphatic heterocycles. The molecule has 0 aliphatic carbocycles. The first kappa shape index (κ1) is 13.7. The smallest absolute Gasteiger partial charge is 0.180 e. The average molecular weight is 300 g/mol. The van der Waals surface area contributed by atoms with Gasteiger partial charge in [-0.1, -0.05) is 30.3 Å². The van der Waals surface area contributed by atoms with Crippen molar-refractivity contribution in [3.63, 3.8) is 0 Å². The molecule has 21 heavy (non-hydrogen) atoms. The molecule has 0 aliphatic rings. The fraction of sp³-hybridized carbons (Fsp3) is 0.118. The molecule has 3 aromatic rings. The number of H-pyrrole nitrogens is 1. The summed E-state index contributed by atoms with van der Waals surface area (Å²) in [5.74, 6) is 0.559. The minimum absolute atomic E-state index is 0.0516. The van der Waals surface area contributed by atoms with Crippen LogP contribution in [0, 0.1) is 0 Å². The van der Waals surface area contributed by atoms with Crippen LogP contribution < -0.4 is 4.74 Å². The third-order valence-electron chi connectivity index (χ3n) is 3.47. The Bertz CT molecular complexity index is 793. The highest BCUT2D eigenvalue weighted by molar-refractivity contribution is 6.33. The summed E-state index contributed by atoms with van der Waals surface area (Å²) in [4.78, 5) is 15.6. The number of alkyl halides is 1. The Morgan fingerprint density at radius 3 is 2.62 bits per heavy atom. The summed E-state index contributed by atoms with van der Waals surface area (Å²) in [7, 11) is 1.61. The maximum absolute atomic E-state index is 12.3. The quantitative estimate of drug-likeness (QED) is 0.577. The number of ketones is 1. The summed E-state index contributed by atoms with van der Waals surface area (Å²) >= 11 is 5.78. The predicted octanol–water partition coefficient (Wildman–Crippen LogP) is 4.27. The van der Waals surface area contributed by atoms with Gasteiger partial charge in [0.05, 0.1) is 24.2 Å². The molecular weight excluding hydrogens is 286 g/mol. The highest BCUT2D eigenvalue weighted by atomic mass is 35.5. The lowest BCUT2D eigenvalue weighted by molar-refractivity contribution is 0.102. The van der Waals surface area contributed by atoms with Gasteiger partial charge < -0.3 is 9.72 Å². The molecule has 1 N–H and O–H groups in total. The molecule has 1 heterocycles. The number of carbonyl (C=O) groups excluding carboxylic acids is 1. The standard InChI is InChI=1S/C17H14ClNO2/c1-21-12-7-8-14-13(9-12)16(15(20)10-18)17(19-14)11-5-3-2-4-6-11/h2-9,19H,10H2,1H3. The second-order valence-electron chi connectivity index (χ2n) is 4.71. The Balaban J connectivity index is 2.31. The van der Waals surface area contributed by atoms with Crippen molar-refractivity contribution in [2.24, 2.45) is 0 Å². The van der Waals surface area contributed by atoms with Crippen molar-refractivity contribution in [2.45, 2.75) is 0 Å². The number of rotatable bonds is 4. The first-order chi connectivity index (χ1) is 10.2. The molecule has 0 unspecified atom stereocenters. The van der Waals surface area contributed by atoms with E-state index in [0.717, 1.165) is 22.2 Å². The van der Waals surface area contributed by atoms with Crippen LogP contribution in [0.4, 0.5) is 0 Å². The van der Waals surface area contributed by atoms with Gasteiger partial charge in [0.25, 0.3) is 0 Å². The van der Waals surface area contributed by atoms with Gasteiger partial charge in [-0.25, -0.2) is 0 Å². The van der Waals surface area contributed by atoms with Gasteiger partial charge in [0.2, 0.25) is 0 Å². The Morgan fingerprint density at radius 1 is 1.19 bits per heavy atom. The lowest BCUT2D eigenvalue weighted by atomic mass is 10.0. The molecule has 0 saturated carbocycles. The Kier molecular flexibility index (Phi) is 3.67. The minimum atomic E-state index is -0.102. The monoisotopic (exact) mass is 299 g/mol. The Hall–Kier alpha value is -2.26. The molecule has 0 amide bonds. The third kappa shape index (κ3) is 2.41. The van der Waals surface area contributed by atoms with Gasteiger partial charge in [0, 0.05) is 10.9 Å². The molecule has 0 bridgehead atoms. The van der Waals surface area contributed by atoms with Crippen LogP contribution >= 0.6 is 11.6 Å². The largest absolute Gasteiger partial charge is 0.497 e. The van der Waals surface area contributed by atoms with Gasteiger partial charge in [0.15, 0.2) is 5.78 Å². The highest BCUT2D eigenvalue weighted by Crippen LogP contribution is 2.33. The molecule has 0 saturated heterocycles. The van der Waals surface area contributed by atoms with Crippen LogP contribution in [-0.4, -0.2) is 23.8 Å². The van der Waals surface area contributed by atoms with Gasteiger partial charge in [-0.2, -0.15) is 0 Å². The number of ether oxygens (including phenoxy) is 1. The molecule has 0 radical (unpaired) electrons. The van der Waals surface area contributed by atoms with Crippen molar-refractivity contribution in [3.8, 4) is 17.0 Å². The average Bonchev–Trinajstić information content (AvgIpc) is 2.93. The van der Waals surface area contributed by atoms with E-state index in [1.807, 2.05) is 48.5 Å². The number of Topliss-reactive ketones (excluding diaryl/α,β-unsaturated/α-hetero) is 1. The number of hydrogen-bond acceptors (Lipinski definition) is 2. The lowest BCUT2D eigenvalue weighted by Crippen LogP contribution is -2.01. The van der Waals surface area contributed by atoms with Crippen molar-refractivity contribution in [2.75, 3.05) is 13.0 Å². The summed E-state index contributed by atoms with van der Waals surface area (Å²) in [6.45, 7) is 0. The van der Waals surface area contributed by atoms with E-state index in [1.54, 1.807) is 7.11 Å². The molecular formula is C17H14ClNO2. The first-order valence-corrected chi connectivity index (χ1v) is 7.12. The second kappa shape index (κ2) is 5.62. The number of benzene rings is 2. The summed E-state index contributed by atoms with van der Waals surface area (Å²) in [5.41, 5.74) is 3.26. The van der Waals surface area contributed by atoms with Crippen LogP contribution in [0.3, 0.4) is 0 Å². The van der Waals surface area contributed by atoms with E-state index in [0.29, 0.717) is 11.3 Å². The highest BCUT2D eigenvalue weighted by Gasteiger charge is 2.19. The van der Waals surface area contributed by atoms with Gasteiger partial charge in [-0.15, -0.1) is 11.6 Å². The van der Waals surface area contributed by atoms with Crippen molar-refractivity contribution in [1.82, 2.24) is 4.98 Å². The SMILES string of the molecule is COc1ccc2[nH]c(-c3ccccc3)c(C(=O)CCl)c2c1. The number of fused-ring (bicyclic) bond motifs is 1. The van der Waals surface area contributed by atoms with Crippen molar-refractivity contribution >= 4 is 28.3 Å². The fourth-order valence-electron chi connectivity index (χ4n) is 2.48. The maximum atomic E-state index is 12.3. The number of aromatic amines is 1. The van der Waals surface area contributed by atoms with E-state index >= 15 is 0 Å². The zero-order chi connectivity index (χ0) is 14.8. The molecule has 0 spiro atoms. The van der Waals surface area contributed by atoms with Gasteiger partial charge >= 0.3 is 0 Å². The molecule has 0 fully saturated rings. The summed E-state index contributed by atoms with van der Waals surface area (Å²) in [6.07, 6.45) is 0. The number of hydrogen-bond donors (Lipinski definition) is 1. The fourth-order valence-corrected chi connectivity index (χ4v) is 2.61. The van der Waals surface area contributed by atoms with E-state index in [4.69, 9.17) is 16.3 Å². The predicted molar refractivity (Wildman–Crippen MR) is 85.3 cm³/mol. The number of halogens is 1. The van der Waals surface area contributed by atoms with Gasteiger partial charge in [0.1, 0.15) is 5.75 Å². The molecule has 2 aromatic carbocycles. The zero-order valence-corrected chi connectivity index (χ0v) is 12.3. The molecule has 1 aromatic heterocycles. The minimum Gasteiger partial charge on any atom is -0.497 e. The molecule has 106 valence electrons. The Morgan fingerprint density at radius 2 is 1.95 bits per heavy atom. The van der Waals surface area contributed by atoms with Crippen LogP contribution in [0.25, 0.3) is 22.2 Å². The van der Waals surface area contributed by atoms with E-state index in [-0.39, 0.29) is 11.7 Å². The first-order valence-electron chi connectivity index (χ1n) is 6.59. The number of nitrogens with one attached hydrogen (secondary N) is 1. The van der Waals surface area contributed by atoms with Crippen molar-refractivity contribution < 1.29 is 9.53 Å². The Labute approximate surface area is 127 Å². The topological polar surface area (TPSA) is 42.1 Å². The molecule has 4 heteroatoms. The summed E-state index contributed by atoms with van der Waals surface area (Å²) in [5, 5.41) is 0.832. The lowest BCUT2D eigenvalue weighted by Gasteiger charge is -2.03. The molecule has 0 atom stereocenters. The van der Waals surface area contributed by atoms with Gasteiger partial charge in [-0.3, -0.25) is 4.79 Å². The number of methoxy groups -OCH3 is 1. The van der Waals surface area contributed by atoms with Crippen molar-refractivity contribution in [3.05, 3.63) is 54.1 Å². The molecule has 3 nitrogen and oxygen atoms in total.